The molecule has 2 aromatic carbocycles. The first-order chi connectivity index (χ1) is 15.4. The molecular formula is C23H22N4O5. The molecule has 0 fully saturated rings. The van der Waals surface area contributed by atoms with Crippen LogP contribution in [-0.4, -0.2) is 46.0 Å². The highest BCUT2D eigenvalue weighted by Gasteiger charge is 2.29. The minimum Gasteiger partial charge on any atom is -0.477 e. The first-order valence-corrected chi connectivity index (χ1v) is 10.1. The Balaban J connectivity index is 1.26. The fourth-order valence-electron chi connectivity index (χ4n) is 3.87. The number of carboxylic acids is 1. The number of hydrogen-bond acceptors (Lipinski definition) is 5. The number of rotatable bonds is 7. The van der Waals surface area contributed by atoms with Gasteiger partial charge in [-0.3, -0.25) is 9.48 Å². The van der Waals surface area contributed by atoms with Gasteiger partial charge in [0.15, 0.2) is 0 Å². The van der Waals surface area contributed by atoms with Gasteiger partial charge in [0, 0.05) is 13.0 Å². The molecule has 1 aliphatic rings. The number of nitrogens with one attached hydrogen (secondary N) is 2. The van der Waals surface area contributed by atoms with Gasteiger partial charge in [-0.2, -0.15) is 5.10 Å². The van der Waals surface area contributed by atoms with E-state index < -0.39 is 18.0 Å². The van der Waals surface area contributed by atoms with Gasteiger partial charge in [0.05, 0.1) is 12.2 Å². The van der Waals surface area contributed by atoms with E-state index in [9.17, 15) is 14.4 Å². The third-order valence-electron chi connectivity index (χ3n) is 5.35. The topological polar surface area (TPSA) is 123 Å². The Labute approximate surface area is 184 Å². The number of hydrogen-bond donors (Lipinski definition) is 3. The number of fused-ring (bicyclic) bond motifs is 3. The largest absolute Gasteiger partial charge is 0.477 e. The van der Waals surface area contributed by atoms with E-state index >= 15 is 0 Å². The molecule has 0 spiro atoms. The Morgan fingerprint density at radius 3 is 2.25 bits per heavy atom. The maximum Gasteiger partial charge on any atom is 0.407 e. The van der Waals surface area contributed by atoms with Gasteiger partial charge in [-0.05, 0) is 28.3 Å². The molecule has 0 saturated heterocycles. The van der Waals surface area contributed by atoms with E-state index in [1.807, 2.05) is 36.4 Å². The van der Waals surface area contributed by atoms with Crippen molar-refractivity contribution in [3.05, 3.63) is 77.1 Å². The van der Waals surface area contributed by atoms with E-state index in [-0.39, 0.29) is 31.3 Å². The normalized spacial score (nSPS) is 12.0. The number of ether oxygens (including phenoxy) is 1. The van der Waals surface area contributed by atoms with Crippen LogP contribution in [0.2, 0.25) is 0 Å². The van der Waals surface area contributed by atoms with Gasteiger partial charge in [0.1, 0.15) is 18.8 Å². The van der Waals surface area contributed by atoms with Crippen LogP contribution in [0.3, 0.4) is 0 Å². The zero-order valence-corrected chi connectivity index (χ0v) is 17.4. The summed E-state index contributed by atoms with van der Waals surface area (Å²) in [7, 11) is 1.51. The van der Waals surface area contributed by atoms with Crippen molar-refractivity contribution in [3.63, 3.8) is 0 Å². The van der Waals surface area contributed by atoms with Crippen LogP contribution < -0.4 is 10.6 Å². The third-order valence-corrected chi connectivity index (χ3v) is 5.35. The summed E-state index contributed by atoms with van der Waals surface area (Å²) in [6.07, 6.45) is -0.687. The van der Waals surface area contributed by atoms with E-state index in [1.165, 1.54) is 17.8 Å². The van der Waals surface area contributed by atoms with Crippen molar-refractivity contribution in [1.29, 1.82) is 0 Å². The number of amides is 2. The molecule has 0 saturated carbocycles. The highest BCUT2D eigenvalue weighted by Crippen LogP contribution is 2.44. The van der Waals surface area contributed by atoms with Crippen LogP contribution in [0.4, 0.5) is 4.79 Å². The standard InChI is InChI=1S/C23H22N4O5/c1-27-20(22(29)30)10-14(26-27)11-24-21(28)12-25-23(31)32-13-19-17-8-4-2-6-15(17)16-7-3-5-9-18(16)19/h2-10,19H,11-13H2,1H3,(H,24,28)(H,25,31)(H,29,30). The number of carbonyl (C=O) groups excluding carboxylic acids is 2. The van der Waals surface area contributed by atoms with Crippen LogP contribution in [0.5, 0.6) is 0 Å². The molecule has 1 aromatic heterocycles. The lowest BCUT2D eigenvalue weighted by atomic mass is 9.98. The van der Waals surface area contributed by atoms with Crippen molar-refractivity contribution in [2.24, 2.45) is 7.05 Å². The Hall–Kier alpha value is -4.14. The smallest absolute Gasteiger partial charge is 0.407 e. The number of aryl methyl sites for hydroxylation is 1. The second-order valence-electron chi connectivity index (χ2n) is 7.41. The fourth-order valence-corrected chi connectivity index (χ4v) is 3.87. The zero-order valence-electron chi connectivity index (χ0n) is 17.4. The molecule has 32 heavy (non-hydrogen) atoms. The van der Waals surface area contributed by atoms with Crippen LogP contribution in [0.15, 0.2) is 54.6 Å². The minimum atomic E-state index is -1.10. The Kier molecular flexibility index (Phi) is 5.89. The molecule has 164 valence electrons. The molecule has 9 nitrogen and oxygen atoms in total. The number of carboxylic acid groups (broad SMARTS) is 1. The van der Waals surface area contributed by atoms with E-state index in [0.717, 1.165) is 22.3 Å². The summed E-state index contributed by atoms with van der Waals surface area (Å²) in [6, 6.07) is 17.4. The zero-order chi connectivity index (χ0) is 22.7. The van der Waals surface area contributed by atoms with Crippen molar-refractivity contribution in [2.45, 2.75) is 12.5 Å². The van der Waals surface area contributed by atoms with Crippen molar-refractivity contribution in [3.8, 4) is 11.1 Å². The second-order valence-corrected chi connectivity index (χ2v) is 7.41. The van der Waals surface area contributed by atoms with Gasteiger partial charge in [0.25, 0.3) is 0 Å². The monoisotopic (exact) mass is 434 g/mol. The van der Waals surface area contributed by atoms with E-state index in [4.69, 9.17) is 9.84 Å². The summed E-state index contributed by atoms with van der Waals surface area (Å²) in [4.78, 5) is 35.2. The number of alkyl carbamates (subject to hydrolysis) is 1. The molecule has 0 atom stereocenters. The predicted octanol–water partition coefficient (Wildman–Crippen LogP) is 2.27. The first-order valence-electron chi connectivity index (χ1n) is 10.1. The molecule has 1 heterocycles. The van der Waals surface area contributed by atoms with Gasteiger partial charge >= 0.3 is 12.1 Å². The maximum atomic E-state index is 12.1. The molecule has 3 N–H and O–H groups in total. The van der Waals surface area contributed by atoms with Gasteiger partial charge in [-0.15, -0.1) is 0 Å². The van der Waals surface area contributed by atoms with E-state index in [0.29, 0.717) is 5.69 Å². The van der Waals surface area contributed by atoms with Crippen molar-refractivity contribution in [2.75, 3.05) is 13.2 Å². The summed E-state index contributed by atoms with van der Waals surface area (Å²) in [5, 5.41) is 18.1. The highest BCUT2D eigenvalue weighted by atomic mass is 16.5. The van der Waals surface area contributed by atoms with Gasteiger partial charge in [-0.25, -0.2) is 9.59 Å². The van der Waals surface area contributed by atoms with Gasteiger partial charge in [0.2, 0.25) is 5.91 Å². The van der Waals surface area contributed by atoms with Crippen molar-refractivity contribution >= 4 is 18.0 Å². The summed E-state index contributed by atoms with van der Waals surface area (Å²) in [5.74, 6) is -1.61. The van der Waals surface area contributed by atoms with E-state index in [2.05, 4.69) is 27.9 Å². The van der Waals surface area contributed by atoms with Gasteiger partial charge < -0.3 is 20.5 Å². The number of aromatic carboxylic acids is 1. The van der Waals surface area contributed by atoms with Crippen molar-refractivity contribution in [1.82, 2.24) is 20.4 Å². The van der Waals surface area contributed by atoms with Crippen LogP contribution in [-0.2, 0) is 23.1 Å². The summed E-state index contributed by atoms with van der Waals surface area (Å²) < 4.78 is 6.61. The van der Waals surface area contributed by atoms with E-state index in [1.54, 1.807) is 0 Å². The SMILES string of the molecule is Cn1nc(CNC(=O)CNC(=O)OCC2c3ccccc3-c3ccccc32)cc1C(=O)O. The third kappa shape index (κ3) is 4.31. The molecule has 4 rings (SSSR count). The fraction of sp³-hybridized carbons (Fsp3) is 0.217. The Bertz CT molecular complexity index is 1140. The molecule has 9 heteroatoms. The second kappa shape index (κ2) is 8.93. The molecule has 0 unspecified atom stereocenters. The summed E-state index contributed by atoms with van der Waals surface area (Å²) in [6.45, 7) is -0.0605. The average Bonchev–Trinajstić information content (AvgIpc) is 3.32. The van der Waals surface area contributed by atoms with Crippen LogP contribution in [0.25, 0.3) is 11.1 Å². The molecule has 1 aliphatic carbocycles. The average molecular weight is 434 g/mol. The van der Waals surface area contributed by atoms with Crippen LogP contribution >= 0.6 is 0 Å². The lowest BCUT2D eigenvalue weighted by Gasteiger charge is -2.14. The summed E-state index contributed by atoms with van der Waals surface area (Å²) in [5.41, 5.74) is 4.91. The lowest BCUT2D eigenvalue weighted by molar-refractivity contribution is -0.120. The first kappa shape index (κ1) is 21.1. The predicted molar refractivity (Wildman–Crippen MR) is 115 cm³/mol. The quantitative estimate of drug-likeness (QED) is 0.524. The number of nitrogens with zero attached hydrogens (tertiary/aromatic N) is 2. The Morgan fingerprint density at radius 2 is 1.66 bits per heavy atom. The molecule has 3 aromatic rings. The summed E-state index contributed by atoms with van der Waals surface area (Å²) >= 11 is 0. The molecule has 0 bridgehead atoms. The number of benzene rings is 2. The minimum absolute atomic E-state index is 0.0195. The maximum absolute atomic E-state index is 12.1. The highest BCUT2D eigenvalue weighted by molar-refractivity contribution is 5.86. The number of aromatic nitrogens is 2. The van der Waals surface area contributed by atoms with Crippen molar-refractivity contribution < 1.29 is 24.2 Å². The number of carbonyl (C=O) groups is 3. The molecule has 0 aliphatic heterocycles. The van der Waals surface area contributed by atoms with Crippen LogP contribution in [0.1, 0.15) is 33.2 Å². The van der Waals surface area contributed by atoms with Crippen LogP contribution in [0, 0.1) is 0 Å². The van der Waals surface area contributed by atoms with Gasteiger partial charge in [-0.1, -0.05) is 48.5 Å². The Morgan fingerprint density at radius 1 is 1.03 bits per heavy atom. The lowest BCUT2D eigenvalue weighted by Crippen LogP contribution is -2.37. The molecule has 2 amide bonds. The molecular weight excluding hydrogens is 412 g/mol. The molecule has 0 radical (unpaired) electrons.